The smallest absolute Gasteiger partial charge is 0.250 e. The number of hydrogen-bond acceptors (Lipinski definition) is 5. The van der Waals surface area contributed by atoms with Crippen LogP contribution in [0.3, 0.4) is 0 Å². The fourth-order valence-electron chi connectivity index (χ4n) is 3.89. The molecule has 0 saturated carbocycles. The monoisotopic (exact) mass is 467 g/mol. The van der Waals surface area contributed by atoms with E-state index in [1.165, 1.54) is 12.8 Å². The first-order chi connectivity index (χ1) is 16.3. The van der Waals surface area contributed by atoms with Gasteiger partial charge < -0.3 is 20.7 Å². The van der Waals surface area contributed by atoms with Crippen LogP contribution in [0.4, 0.5) is 5.69 Å². The van der Waals surface area contributed by atoms with Gasteiger partial charge in [0.1, 0.15) is 0 Å². The summed E-state index contributed by atoms with van der Waals surface area (Å²) in [7, 11) is 0. The van der Waals surface area contributed by atoms with Crippen molar-refractivity contribution in [3.63, 3.8) is 0 Å². The molecule has 0 spiro atoms. The van der Waals surface area contributed by atoms with Crippen molar-refractivity contribution in [3.8, 4) is 0 Å². The number of hydrogen-bond donors (Lipinski definition) is 2. The number of nitrogens with zero attached hydrogens (tertiary/aromatic N) is 1. The molecule has 2 rings (SSSR count). The van der Waals surface area contributed by atoms with Crippen LogP contribution < -0.4 is 11.1 Å². The number of allylic oxidation sites excluding steroid dienone is 3. The van der Waals surface area contributed by atoms with Gasteiger partial charge in [-0.2, -0.15) is 0 Å². The summed E-state index contributed by atoms with van der Waals surface area (Å²) in [6, 6.07) is 7.25. The zero-order valence-electron chi connectivity index (χ0n) is 21.1. The van der Waals surface area contributed by atoms with E-state index in [-0.39, 0.29) is 5.78 Å². The Morgan fingerprint density at radius 2 is 1.82 bits per heavy atom. The van der Waals surface area contributed by atoms with Gasteiger partial charge in [0, 0.05) is 55.4 Å². The summed E-state index contributed by atoms with van der Waals surface area (Å²) in [6.07, 6.45) is 9.39. The summed E-state index contributed by atoms with van der Waals surface area (Å²) in [6.45, 7) is 13.9. The summed E-state index contributed by atoms with van der Waals surface area (Å²) in [5, 5.41) is 3.13. The minimum absolute atomic E-state index is 0.131. The molecule has 34 heavy (non-hydrogen) atoms. The number of carbonyl (C=O) groups is 2. The van der Waals surface area contributed by atoms with Gasteiger partial charge in [-0.1, -0.05) is 20.4 Å². The standard InChI is InChI=1S/C28H41N3O3/c1-5-19-34-20-16-21(2)8-15-27(32)24-10-12-25(13-11-24)30-23(4)26(28(29)33)14-9-22(3)31-17-6-7-18-31/h9-14,21,30H,4-8,15-20H2,1-3H3,(H2,29,33)/b22-9+,26-14+. The number of likely N-dealkylation sites (tertiary alicyclic amines) is 1. The molecular formula is C28H41N3O3. The maximum absolute atomic E-state index is 12.6. The van der Waals surface area contributed by atoms with E-state index in [0.29, 0.717) is 29.2 Å². The van der Waals surface area contributed by atoms with Crippen LogP contribution in [0.25, 0.3) is 0 Å². The summed E-state index contributed by atoms with van der Waals surface area (Å²) in [5.41, 5.74) is 8.88. The summed E-state index contributed by atoms with van der Waals surface area (Å²) >= 11 is 0. The second kappa shape index (κ2) is 14.4. The van der Waals surface area contributed by atoms with Gasteiger partial charge in [-0.3, -0.25) is 9.59 Å². The highest BCUT2D eigenvalue weighted by Crippen LogP contribution is 2.19. The average molecular weight is 468 g/mol. The molecule has 1 aliphatic heterocycles. The van der Waals surface area contributed by atoms with Crippen molar-refractivity contribution in [2.75, 3.05) is 31.6 Å². The molecule has 1 atom stereocenters. The third kappa shape index (κ3) is 9.18. The molecule has 6 heteroatoms. The first-order valence-corrected chi connectivity index (χ1v) is 12.4. The molecule has 0 radical (unpaired) electrons. The highest BCUT2D eigenvalue weighted by Gasteiger charge is 2.13. The third-order valence-corrected chi connectivity index (χ3v) is 6.16. The molecule has 1 fully saturated rings. The number of primary amides is 1. The number of anilines is 1. The van der Waals surface area contributed by atoms with Crippen molar-refractivity contribution in [3.05, 3.63) is 65.5 Å². The summed E-state index contributed by atoms with van der Waals surface area (Å²) < 4.78 is 5.53. The van der Waals surface area contributed by atoms with Gasteiger partial charge in [-0.15, -0.1) is 0 Å². The largest absolute Gasteiger partial charge is 0.381 e. The highest BCUT2D eigenvalue weighted by molar-refractivity contribution is 5.98. The van der Waals surface area contributed by atoms with E-state index in [1.54, 1.807) is 18.2 Å². The number of nitrogens with one attached hydrogen (secondary N) is 1. The Balaban J connectivity index is 1.89. The Labute approximate surface area is 204 Å². The molecule has 1 unspecified atom stereocenters. The number of amides is 1. The minimum Gasteiger partial charge on any atom is -0.381 e. The van der Waals surface area contributed by atoms with E-state index >= 15 is 0 Å². The van der Waals surface area contributed by atoms with Gasteiger partial charge in [-0.05, 0) is 81.4 Å². The van der Waals surface area contributed by atoms with E-state index < -0.39 is 5.91 Å². The molecule has 0 aromatic heterocycles. The van der Waals surface area contributed by atoms with Crippen LogP contribution >= 0.6 is 0 Å². The van der Waals surface area contributed by atoms with Gasteiger partial charge >= 0.3 is 0 Å². The third-order valence-electron chi connectivity index (χ3n) is 6.16. The number of ether oxygens (including phenoxy) is 1. The molecule has 1 saturated heterocycles. The van der Waals surface area contributed by atoms with Crippen molar-refractivity contribution >= 4 is 17.4 Å². The van der Waals surface area contributed by atoms with E-state index in [9.17, 15) is 9.59 Å². The van der Waals surface area contributed by atoms with Crippen LogP contribution in [0.5, 0.6) is 0 Å². The Morgan fingerprint density at radius 3 is 2.44 bits per heavy atom. The summed E-state index contributed by atoms with van der Waals surface area (Å²) in [4.78, 5) is 26.8. The predicted molar refractivity (Wildman–Crippen MR) is 140 cm³/mol. The first kappa shape index (κ1) is 27.4. The molecule has 1 aromatic carbocycles. The molecule has 1 heterocycles. The van der Waals surface area contributed by atoms with Gasteiger partial charge in [0.25, 0.3) is 5.91 Å². The lowest BCUT2D eigenvalue weighted by Crippen LogP contribution is -2.19. The lowest BCUT2D eigenvalue weighted by molar-refractivity contribution is -0.114. The quantitative estimate of drug-likeness (QED) is 0.155. The predicted octanol–water partition coefficient (Wildman–Crippen LogP) is 5.44. The average Bonchev–Trinajstić information content (AvgIpc) is 3.36. The number of rotatable bonds is 15. The van der Waals surface area contributed by atoms with E-state index in [1.807, 2.05) is 25.1 Å². The lowest BCUT2D eigenvalue weighted by Gasteiger charge is -2.17. The normalized spacial score (nSPS) is 15.3. The van der Waals surface area contributed by atoms with Crippen LogP contribution in [0.15, 0.2) is 60.0 Å². The topological polar surface area (TPSA) is 84.7 Å². The number of carbonyl (C=O) groups excluding carboxylic acids is 2. The minimum atomic E-state index is -0.538. The van der Waals surface area contributed by atoms with Crippen LogP contribution in [-0.2, 0) is 9.53 Å². The second-order valence-electron chi connectivity index (χ2n) is 9.10. The van der Waals surface area contributed by atoms with E-state index in [4.69, 9.17) is 10.5 Å². The zero-order valence-corrected chi connectivity index (χ0v) is 21.1. The molecule has 1 amide bonds. The van der Waals surface area contributed by atoms with Gasteiger partial charge in [0.2, 0.25) is 0 Å². The second-order valence-corrected chi connectivity index (χ2v) is 9.10. The van der Waals surface area contributed by atoms with Crippen molar-refractivity contribution in [2.45, 2.75) is 59.3 Å². The van der Waals surface area contributed by atoms with Crippen LogP contribution in [0.1, 0.15) is 69.7 Å². The molecule has 186 valence electrons. The number of nitrogens with two attached hydrogens (primary N) is 1. The van der Waals surface area contributed by atoms with Gasteiger partial charge in [0.15, 0.2) is 5.78 Å². The summed E-state index contributed by atoms with van der Waals surface area (Å²) in [5.74, 6) is 0.0446. The van der Waals surface area contributed by atoms with Gasteiger partial charge in [0.05, 0.1) is 5.57 Å². The van der Waals surface area contributed by atoms with Crippen LogP contribution in [-0.4, -0.2) is 42.9 Å². The van der Waals surface area contributed by atoms with Crippen molar-refractivity contribution in [2.24, 2.45) is 11.7 Å². The van der Waals surface area contributed by atoms with Gasteiger partial charge in [-0.25, -0.2) is 0 Å². The SMILES string of the molecule is C=C(Nc1ccc(C(=O)CCC(C)CCOCCC)cc1)/C(=C\C=C(/C)N1CCCC1)C(N)=O. The fraction of sp³-hybridized carbons (Fsp3) is 0.500. The molecule has 6 nitrogen and oxygen atoms in total. The van der Waals surface area contributed by atoms with Crippen molar-refractivity contribution in [1.29, 1.82) is 0 Å². The lowest BCUT2D eigenvalue weighted by atomic mass is 9.98. The molecule has 1 aliphatic rings. The number of benzene rings is 1. The van der Waals surface area contributed by atoms with Crippen LogP contribution in [0, 0.1) is 5.92 Å². The van der Waals surface area contributed by atoms with Crippen molar-refractivity contribution in [1.82, 2.24) is 4.90 Å². The van der Waals surface area contributed by atoms with E-state index in [2.05, 4.69) is 30.6 Å². The Morgan fingerprint density at radius 1 is 1.15 bits per heavy atom. The molecule has 1 aromatic rings. The number of Topliss-reactive ketones (excluding diaryl/α,β-unsaturated/α-hetero) is 1. The highest BCUT2D eigenvalue weighted by atomic mass is 16.5. The molecule has 0 aliphatic carbocycles. The zero-order chi connectivity index (χ0) is 24.9. The fourth-order valence-corrected chi connectivity index (χ4v) is 3.89. The van der Waals surface area contributed by atoms with E-state index in [0.717, 1.165) is 57.0 Å². The molecular weight excluding hydrogens is 426 g/mol. The number of ketones is 1. The Hall–Kier alpha value is -2.86. The Bertz CT molecular complexity index is 881. The molecule has 0 bridgehead atoms. The van der Waals surface area contributed by atoms with Crippen LogP contribution in [0.2, 0.25) is 0 Å². The molecule has 3 N–H and O–H groups in total. The van der Waals surface area contributed by atoms with Crippen molar-refractivity contribution < 1.29 is 14.3 Å². The maximum atomic E-state index is 12.6. The maximum Gasteiger partial charge on any atom is 0.250 e. The first-order valence-electron chi connectivity index (χ1n) is 12.4. The Kier molecular flexibility index (Phi) is 11.6.